The van der Waals surface area contributed by atoms with Crippen molar-refractivity contribution in [2.45, 2.75) is 26.9 Å². The largest absolute Gasteiger partial charge is 0.485 e. The van der Waals surface area contributed by atoms with E-state index in [4.69, 9.17) is 10.5 Å². The molecule has 0 saturated carbocycles. The summed E-state index contributed by atoms with van der Waals surface area (Å²) in [7, 11) is 0. The molecule has 0 bridgehead atoms. The number of nitrogens with zero attached hydrogens (tertiary/aromatic N) is 1. The minimum atomic E-state index is 0. The van der Waals surface area contributed by atoms with Gasteiger partial charge >= 0.3 is 0 Å². The predicted molar refractivity (Wildman–Crippen MR) is 84.4 cm³/mol. The van der Waals surface area contributed by atoms with Gasteiger partial charge in [0.2, 0.25) is 0 Å². The van der Waals surface area contributed by atoms with Crippen molar-refractivity contribution in [1.82, 2.24) is 4.98 Å². The highest BCUT2D eigenvalue weighted by atomic mass is 35.5. The summed E-state index contributed by atoms with van der Waals surface area (Å²) in [6.45, 7) is 4.51. The van der Waals surface area contributed by atoms with E-state index in [9.17, 15) is 0 Å². The van der Waals surface area contributed by atoms with E-state index in [1.54, 1.807) is 0 Å². The van der Waals surface area contributed by atoms with E-state index in [0.717, 1.165) is 23.4 Å². The number of halogens is 1. The Kier molecular flexibility index (Phi) is 7.65. The van der Waals surface area contributed by atoms with Gasteiger partial charge < -0.3 is 15.9 Å². The summed E-state index contributed by atoms with van der Waals surface area (Å²) in [5.74, 6) is 0.715. The van der Waals surface area contributed by atoms with E-state index in [1.807, 2.05) is 43.3 Å². The van der Waals surface area contributed by atoms with Gasteiger partial charge in [-0.2, -0.15) is 0 Å². The molecule has 1 heterocycles. The molecule has 0 amide bonds. The third kappa shape index (κ3) is 4.40. The van der Waals surface area contributed by atoms with Gasteiger partial charge in [0, 0.05) is 5.69 Å². The number of pyridine rings is 1. The van der Waals surface area contributed by atoms with Crippen LogP contribution in [0.5, 0.6) is 5.75 Å². The molecule has 0 aliphatic carbocycles. The molecule has 2 rings (SSSR count). The Morgan fingerprint density at radius 2 is 1.85 bits per heavy atom. The Balaban J connectivity index is 0.00000180. The molecular weight excluding hydrogens is 276 g/mol. The Bertz CT molecular complexity index is 533. The van der Waals surface area contributed by atoms with Crippen molar-refractivity contribution >= 4 is 18.1 Å². The molecule has 20 heavy (non-hydrogen) atoms. The Morgan fingerprint density at radius 3 is 2.45 bits per heavy atom. The third-order valence-electron chi connectivity index (χ3n) is 2.76. The van der Waals surface area contributed by atoms with E-state index < -0.39 is 0 Å². The summed E-state index contributed by atoms with van der Waals surface area (Å²) in [6.07, 6.45) is 0.815. The van der Waals surface area contributed by atoms with Gasteiger partial charge in [0.1, 0.15) is 6.61 Å². The first kappa shape index (κ1) is 18.2. The SMILES string of the molecule is CCc1nc(C)cc(N)c1OCc1ccccc1.Cl.O. The van der Waals surface area contributed by atoms with Crippen molar-refractivity contribution in [1.29, 1.82) is 0 Å². The van der Waals surface area contributed by atoms with Crippen LogP contribution in [0, 0.1) is 6.92 Å². The molecule has 4 nitrogen and oxygen atoms in total. The molecule has 2 aromatic rings. The zero-order valence-electron chi connectivity index (χ0n) is 11.7. The van der Waals surface area contributed by atoms with Crippen LogP contribution in [-0.2, 0) is 13.0 Å². The normalized spacial score (nSPS) is 9.30. The van der Waals surface area contributed by atoms with Crippen LogP contribution < -0.4 is 10.5 Å². The van der Waals surface area contributed by atoms with Gasteiger partial charge in [0.05, 0.1) is 11.4 Å². The number of ether oxygens (including phenoxy) is 1. The van der Waals surface area contributed by atoms with Gasteiger partial charge in [-0.1, -0.05) is 37.3 Å². The molecule has 0 spiro atoms. The number of anilines is 1. The lowest BCUT2D eigenvalue weighted by atomic mass is 10.2. The fourth-order valence-corrected chi connectivity index (χ4v) is 1.89. The molecule has 0 unspecified atom stereocenters. The lowest BCUT2D eigenvalue weighted by Crippen LogP contribution is -2.04. The molecule has 0 saturated heterocycles. The predicted octanol–water partition coefficient (Wildman–Crippen LogP) is 2.71. The summed E-state index contributed by atoms with van der Waals surface area (Å²) < 4.78 is 5.81. The zero-order valence-corrected chi connectivity index (χ0v) is 12.5. The van der Waals surface area contributed by atoms with Crippen LogP contribution in [0.1, 0.15) is 23.9 Å². The molecule has 0 fully saturated rings. The maximum atomic E-state index is 6.00. The van der Waals surface area contributed by atoms with Gasteiger partial charge in [-0.3, -0.25) is 4.98 Å². The number of aromatic nitrogens is 1. The maximum Gasteiger partial charge on any atom is 0.164 e. The monoisotopic (exact) mass is 296 g/mol. The van der Waals surface area contributed by atoms with Gasteiger partial charge in [-0.15, -0.1) is 12.4 Å². The fourth-order valence-electron chi connectivity index (χ4n) is 1.89. The fraction of sp³-hybridized carbons (Fsp3) is 0.267. The molecule has 1 aromatic carbocycles. The second-order valence-corrected chi connectivity index (χ2v) is 4.26. The molecule has 0 atom stereocenters. The Labute approximate surface area is 125 Å². The lowest BCUT2D eigenvalue weighted by Gasteiger charge is -2.13. The van der Waals surface area contributed by atoms with Crippen LogP contribution in [0.4, 0.5) is 5.69 Å². The van der Waals surface area contributed by atoms with E-state index >= 15 is 0 Å². The molecule has 110 valence electrons. The molecule has 5 heteroatoms. The quantitative estimate of drug-likeness (QED) is 0.942. The first-order valence-corrected chi connectivity index (χ1v) is 6.13. The molecular formula is C15H21ClN2O2. The summed E-state index contributed by atoms with van der Waals surface area (Å²) >= 11 is 0. The second kappa shape index (κ2) is 8.40. The summed E-state index contributed by atoms with van der Waals surface area (Å²) in [6, 6.07) is 11.9. The van der Waals surface area contributed by atoms with Gasteiger partial charge in [-0.25, -0.2) is 0 Å². The van der Waals surface area contributed by atoms with Crippen molar-refractivity contribution in [3.8, 4) is 5.75 Å². The third-order valence-corrected chi connectivity index (χ3v) is 2.76. The van der Waals surface area contributed by atoms with Crippen LogP contribution in [-0.4, -0.2) is 10.5 Å². The van der Waals surface area contributed by atoms with Gasteiger partial charge in [0.25, 0.3) is 0 Å². The summed E-state index contributed by atoms with van der Waals surface area (Å²) in [5, 5.41) is 0. The topological polar surface area (TPSA) is 79.6 Å². The molecule has 0 radical (unpaired) electrons. The lowest BCUT2D eigenvalue weighted by molar-refractivity contribution is 0.303. The van der Waals surface area contributed by atoms with E-state index in [-0.39, 0.29) is 17.9 Å². The van der Waals surface area contributed by atoms with Gasteiger partial charge in [-0.05, 0) is 25.0 Å². The molecule has 0 aliphatic heterocycles. The average Bonchev–Trinajstić information content (AvgIpc) is 2.38. The zero-order chi connectivity index (χ0) is 13.0. The van der Waals surface area contributed by atoms with Crippen LogP contribution in [0.15, 0.2) is 36.4 Å². The highest BCUT2D eigenvalue weighted by Gasteiger charge is 2.09. The number of benzene rings is 1. The molecule has 1 aromatic heterocycles. The molecule has 0 aliphatic rings. The minimum absolute atomic E-state index is 0. The number of hydrogen-bond acceptors (Lipinski definition) is 3. The first-order valence-electron chi connectivity index (χ1n) is 6.13. The van der Waals surface area contributed by atoms with Crippen LogP contribution in [0.2, 0.25) is 0 Å². The van der Waals surface area contributed by atoms with Crippen LogP contribution in [0.25, 0.3) is 0 Å². The van der Waals surface area contributed by atoms with E-state index in [0.29, 0.717) is 18.0 Å². The number of hydrogen-bond donors (Lipinski definition) is 1. The number of nitrogen functional groups attached to an aromatic ring is 1. The second-order valence-electron chi connectivity index (χ2n) is 4.26. The van der Waals surface area contributed by atoms with Crippen molar-refractivity contribution in [2.24, 2.45) is 0 Å². The Morgan fingerprint density at radius 1 is 1.20 bits per heavy atom. The van der Waals surface area contributed by atoms with Crippen molar-refractivity contribution in [3.63, 3.8) is 0 Å². The highest BCUT2D eigenvalue weighted by molar-refractivity contribution is 5.85. The summed E-state index contributed by atoms with van der Waals surface area (Å²) in [5.41, 5.74) is 9.63. The highest BCUT2D eigenvalue weighted by Crippen LogP contribution is 2.27. The minimum Gasteiger partial charge on any atom is -0.485 e. The van der Waals surface area contributed by atoms with E-state index in [2.05, 4.69) is 11.9 Å². The maximum absolute atomic E-state index is 6.00. The van der Waals surface area contributed by atoms with Gasteiger partial charge in [0.15, 0.2) is 5.75 Å². The average molecular weight is 297 g/mol. The Hall–Kier alpha value is -1.78. The van der Waals surface area contributed by atoms with Crippen molar-refractivity contribution < 1.29 is 10.2 Å². The van der Waals surface area contributed by atoms with E-state index in [1.165, 1.54) is 0 Å². The number of aryl methyl sites for hydroxylation is 2. The molecule has 4 N–H and O–H groups in total. The van der Waals surface area contributed by atoms with Crippen molar-refractivity contribution in [2.75, 3.05) is 5.73 Å². The number of rotatable bonds is 4. The van der Waals surface area contributed by atoms with Crippen LogP contribution >= 0.6 is 12.4 Å². The first-order chi connectivity index (χ1) is 8.70. The van der Waals surface area contributed by atoms with Crippen LogP contribution in [0.3, 0.4) is 0 Å². The summed E-state index contributed by atoms with van der Waals surface area (Å²) in [4.78, 5) is 4.46. The standard InChI is InChI=1S/C15H18N2O.ClH.H2O/c1-3-14-15(13(16)9-11(2)17-14)18-10-12-7-5-4-6-8-12;;/h4-9H,3,10H2,1-2H3,(H2,16,17);1H;1H2. The smallest absolute Gasteiger partial charge is 0.164 e. The van der Waals surface area contributed by atoms with Crippen molar-refractivity contribution in [3.05, 3.63) is 53.3 Å². The number of nitrogens with two attached hydrogens (primary N) is 1.